The van der Waals surface area contributed by atoms with Crippen LogP contribution >= 0.6 is 0 Å². The minimum absolute atomic E-state index is 0.245. The Hall–Kier alpha value is -3.09. The number of ketones is 1. The standard InChI is InChI=1S/C19H21NO6/c1-5-25-19(23)18-11(2)17(12(3)20-18)15(22)10-26-16-7-6-14(24-4)8-13(16)9-21/h6-9,20H,5,10H2,1-4H3. The second-order valence-corrected chi connectivity index (χ2v) is 5.58. The SMILES string of the molecule is CCOC(=O)c1[nH]c(C)c(C(=O)COc2ccc(OC)cc2C=O)c1C. The molecule has 0 aliphatic carbocycles. The molecule has 1 heterocycles. The lowest BCUT2D eigenvalue weighted by atomic mass is 10.1. The van der Waals surface area contributed by atoms with Gasteiger partial charge in [0.25, 0.3) is 0 Å². The van der Waals surface area contributed by atoms with E-state index in [1.54, 1.807) is 32.9 Å². The number of aryl methyl sites for hydroxylation is 1. The zero-order valence-corrected chi connectivity index (χ0v) is 15.2. The topological polar surface area (TPSA) is 94.7 Å². The Kier molecular flexibility index (Phi) is 6.16. The van der Waals surface area contributed by atoms with Crippen molar-refractivity contribution in [2.45, 2.75) is 20.8 Å². The van der Waals surface area contributed by atoms with Crippen LogP contribution in [-0.4, -0.2) is 43.3 Å². The summed E-state index contributed by atoms with van der Waals surface area (Å²) >= 11 is 0. The maximum Gasteiger partial charge on any atom is 0.355 e. The van der Waals surface area contributed by atoms with Gasteiger partial charge in [-0.2, -0.15) is 0 Å². The number of carbonyl (C=O) groups excluding carboxylic acids is 3. The number of hydrogen-bond donors (Lipinski definition) is 1. The van der Waals surface area contributed by atoms with Crippen LogP contribution in [0.2, 0.25) is 0 Å². The number of rotatable bonds is 8. The predicted octanol–water partition coefficient (Wildman–Crippen LogP) is 2.89. The van der Waals surface area contributed by atoms with Crippen LogP contribution in [0.25, 0.3) is 0 Å². The molecule has 0 saturated carbocycles. The molecule has 0 aliphatic heterocycles. The molecule has 1 aromatic carbocycles. The summed E-state index contributed by atoms with van der Waals surface area (Å²) in [5.41, 5.74) is 2.00. The normalized spacial score (nSPS) is 10.3. The number of methoxy groups -OCH3 is 1. The van der Waals surface area contributed by atoms with E-state index in [0.717, 1.165) is 0 Å². The third kappa shape index (κ3) is 3.93. The average Bonchev–Trinajstić information content (AvgIpc) is 2.94. The summed E-state index contributed by atoms with van der Waals surface area (Å²) in [5, 5.41) is 0. The van der Waals surface area contributed by atoms with Crippen LogP contribution in [0.5, 0.6) is 11.5 Å². The number of benzene rings is 1. The van der Waals surface area contributed by atoms with Gasteiger partial charge in [0, 0.05) is 11.3 Å². The van der Waals surface area contributed by atoms with Crippen molar-refractivity contribution in [3.8, 4) is 11.5 Å². The van der Waals surface area contributed by atoms with Crippen LogP contribution in [0.4, 0.5) is 0 Å². The Morgan fingerprint density at radius 3 is 2.58 bits per heavy atom. The van der Waals surface area contributed by atoms with E-state index in [1.165, 1.54) is 13.2 Å². The highest BCUT2D eigenvalue weighted by atomic mass is 16.5. The van der Waals surface area contributed by atoms with Crippen molar-refractivity contribution in [1.82, 2.24) is 4.98 Å². The Labute approximate surface area is 151 Å². The predicted molar refractivity (Wildman–Crippen MR) is 94.4 cm³/mol. The number of carbonyl (C=O) groups is 3. The lowest BCUT2D eigenvalue weighted by molar-refractivity contribution is 0.0519. The molecule has 0 atom stereocenters. The fourth-order valence-corrected chi connectivity index (χ4v) is 2.67. The van der Waals surface area contributed by atoms with Crippen LogP contribution in [0, 0.1) is 13.8 Å². The molecule has 1 aromatic heterocycles. The molecule has 2 aromatic rings. The molecule has 2 rings (SSSR count). The van der Waals surface area contributed by atoms with Gasteiger partial charge >= 0.3 is 5.97 Å². The fraction of sp³-hybridized carbons (Fsp3) is 0.316. The zero-order valence-electron chi connectivity index (χ0n) is 15.2. The maximum atomic E-state index is 12.6. The minimum Gasteiger partial charge on any atom is -0.497 e. The first kappa shape index (κ1) is 19.2. The van der Waals surface area contributed by atoms with Crippen molar-refractivity contribution >= 4 is 18.0 Å². The average molecular weight is 359 g/mol. The van der Waals surface area contributed by atoms with Gasteiger partial charge in [-0.15, -0.1) is 0 Å². The molecule has 0 saturated heterocycles. The van der Waals surface area contributed by atoms with Crippen LogP contribution in [0.3, 0.4) is 0 Å². The molecule has 1 N–H and O–H groups in total. The Balaban J connectivity index is 2.19. The van der Waals surface area contributed by atoms with E-state index < -0.39 is 5.97 Å². The quantitative estimate of drug-likeness (QED) is 0.442. The fourth-order valence-electron chi connectivity index (χ4n) is 2.67. The van der Waals surface area contributed by atoms with Crippen molar-refractivity contribution in [1.29, 1.82) is 0 Å². The molecule has 7 heteroatoms. The summed E-state index contributed by atoms with van der Waals surface area (Å²) in [6.45, 7) is 5.06. The number of hydrogen-bond acceptors (Lipinski definition) is 6. The van der Waals surface area contributed by atoms with Crippen LogP contribution < -0.4 is 9.47 Å². The summed E-state index contributed by atoms with van der Waals surface area (Å²) in [5.74, 6) is -0.0151. The van der Waals surface area contributed by atoms with E-state index in [1.807, 2.05) is 0 Å². The molecule has 138 valence electrons. The number of aldehydes is 1. The zero-order chi connectivity index (χ0) is 19.3. The molecule has 7 nitrogen and oxygen atoms in total. The van der Waals surface area contributed by atoms with E-state index in [0.29, 0.717) is 28.9 Å². The van der Waals surface area contributed by atoms with Gasteiger partial charge in [0.15, 0.2) is 12.9 Å². The number of aromatic nitrogens is 1. The Morgan fingerprint density at radius 2 is 1.96 bits per heavy atom. The molecular weight excluding hydrogens is 338 g/mol. The minimum atomic E-state index is -0.508. The van der Waals surface area contributed by atoms with Crippen LogP contribution in [0.1, 0.15) is 49.4 Å². The molecular formula is C19H21NO6. The van der Waals surface area contributed by atoms with Crippen molar-refractivity contribution in [3.63, 3.8) is 0 Å². The lowest BCUT2D eigenvalue weighted by Gasteiger charge is -2.09. The second-order valence-electron chi connectivity index (χ2n) is 5.58. The van der Waals surface area contributed by atoms with Gasteiger partial charge in [-0.05, 0) is 44.5 Å². The van der Waals surface area contributed by atoms with Crippen molar-refractivity contribution < 1.29 is 28.6 Å². The number of H-pyrrole nitrogens is 1. The molecule has 0 radical (unpaired) electrons. The summed E-state index contributed by atoms with van der Waals surface area (Å²) < 4.78 is 15.5. The molecule has 26 heavy (non-hydrogen) atoms. The number of aromatic amines is 1. The summed E-state index contributed by atoms with van der Waals surface area (Å²) in [6, 6.07) is 4.73. The van der Waals surface area contributed by atoms with Crippen molar-refractivity contribution in [2.75, 3.05) is 20.3 Å². The number of nitrogens with one attached hydrogen (secondary N) is 1. The molecule has 0 unspecified atom stereocenters. The Bertz CT molecular complexity index is 837. The number of Topliss-reactive ketones (excluding diaryl/α,β-unsaturated/α-hetero) is 1. The number of esters is 1. The summed E-state index contributed by atoms with van der Waals surface area (Å²) in [6.07, 6.45) is 0.633. The van der Waals surface area contributed by atoms with E-state index in [2.05, 4.69) is 4.98 Å². The molecule has 0 spiro atoms. The van der Waals surface area contributed by atoms with Gasteiger partial charge in [-0.3, -0.25) is 9.59 Å². The lowest BCUT2D eigenvalue weighted by Crippen LogP contribution is -2.14. The molecule has 0 amide bonds. The molecule has 0 fully saturated rings. The van der Waals surface area contributed by atoms with Gasteiger partial charge in [-0.25, -0.2) is 4.79 Å². The maximum absolute atomic E-state index is 12.6. The third-order valence-electron chi connectivity index (χ3n) is 3.90. The van der Waals surface area contributed by atoms with Gasteiger partial charge in [0.2, 0.25) is 5.78 Å². The molecule has 0 aliphatic rings. The van der Waals surface area contributed by atoms with Crippen molar-refractivity contribution in [3.05, 3.63) is 46.3 Å². The first-order chi connectivity index (χ1) is 12.4. The second kappa shape index (κ2) is 8.33. The highest BCUT2D eigenvalue weighted by molar-refractivity contribution is 6.03. The van der Waals surface area contributed by atoms with Gasteiger partial charge in [-0.1, -0.05) is 0 Å². The smallest absolute Gasteiger partial charge is 0.355 e. The summed E-state index contributed by atoms with van der Waals surface area (Å²) in [4.78, 5) is 38.6. The highest BCUT2D eigenvalue weighted by Gasteiger charge is 2.23. The van der Waals surface area contributed by atoms with Gasteiger partial charge in [0.05, 0.1) is 19.3 Å². The summed E-state index contributed by atoms with van der Waals surface area (Å²) in [7, 11) is 1.49. The third-order valence-corrected chi connectivity index (χ3v) is 3.90. The first-order valence-electron chi connectivity index (χ1n) is 8.08. The molecule has 0 bridgehead atoms. The number of ether oxygens (including phenoxy) is 3. The van der Waals surface area contributed by atoms with E-state index >= 15 is 0 Å². The van der Waals surface area contributed by atoms with Gasteiger partial charge < -0.3 is 19.2 Å². The first-order valence-corrected chi connectivity index (χ1v) is 8.08. The largest absolute Gasteiger partial charge is 0.497 e. The van der Waals surface area contributed by atoms with E-state index in [4.69, 9.17) is 14.2 Å². The van der Waals surface area contributed by atoms with Gasteiger partial charge in [0.1, 0.15) is 17.2 Å². The van der Waals surface area contributed by atoms with Crippen LogP contribution in [0.15, 0.2) is 18.2 Å². The van der Waals surface area contributed by atoms with Crippen molar-refractivity contribution in [2.24, 2.45) is 0 Å². The van der Waals surface area contributed by atoms with E-state index in [9.17, 15) is 14.4 Å². The monoisotopic (exact) mass is 359 g/mol. The Morgan fingerprint density at radius 1 is 1.23 bits per heavy atom. The highest BCUT2D eigenvalue weighted by Crippen LogP contribution is 2.24. The van der Waals surface area contributed by atoms with E-state index in [-0.39, 0.29) is 36.0 Å². The van der Waals surface area contributed by atoms with Crippen LogP contribution in [-0.2, 0) is 4.74 Å².